The van der Waals surface area contributed by atoms with Crippen molar-refractivity contribution in [2.45, 2.75) is 31.1 Å². The molecule has 3 rings (SSSR count). The molecular weight excluding hydrogens is 374 g/mol. The average Bonchev–Trinajstić information content (AvgIpc) is 3.10. The number of amides is 1. The average molecular weight is 402 g/mol. The van der Waals surface area contributed by atoms with Crippen LogP contribution in [0.15, 0.2) is 29.2 Å². The molecule has 0 bridgehead atoms. The molecule has 2 N–H and O–H groups in total. The van der Waals surface area contributed by atoms with Gasteiger partial charge in [-0.1, -0.05) is 24.1 Å². The van der Waals surface area contributed by atoms with Gasteiger partial charge in [0.1, 0.15) is 0 Å². The number of hydrogen-bond donors (Lipinski definition) is 1. The summed E-state index contributed by atoms with van der Waals surface area (Å²) in [6, 6.07) is 6.90. The summed E-state index contributed by atoms with van der Waals surface area (Å²) in [5.41, 5.74) is 6.82. The van der Waals surface area contributed by atoms with E-state index in [1.807, 2.05) is 11.8 Å². The fourth-order valence-electron chi connectivity index (χ4n) is 3.89. The normalized spacial score (nSPS) is 24.3. The first-order valence-electron chi connectivity index (χ1n) is 8.99. The Kier molecular flexibility index (Phi) is 7.07. The van der Waals surface area contributed by atoms with Crippen molar-refractivity contribution < 1.29 is 13.2 Å². The van der Waals surface area contributed by atoms with Crippen LogP contribution < -0.4 is 5.73 Å². The first-order valence-corrected chi connectivity index (χ1v) is 10.4. The van der Waals surface area contributed by atoms with E-state index in [2.05, 4.69) is 0 Å². The van der Waals surface area contributed by atoms with Gasteiger partial charge in [-0.15, -0.1) is 12.4 Å². The van der Waals surface area contributed by atoms with Gasteiger partial charge in [-0.3, -0.25) is 4.79 Å². The molecule has 1 saturated carbocycles. The Balaban J connectivity index is 0.00000243. The summed E-state index contributed by atoms with van der Waals surface area (Å²) < 4.78 is 27.0. The second kappa shape index (κ2) is 8.69. The van der Waals surface area contributed by atoms with Gasteiger partial charge >= 0.3 is 0 Å². The largest absolute Gasteiger partial charge is 0.340 e. The topological polar surface area (TPSA) is 83.7 Å². The molecule has 1 aromatic rings. The molecule has 2 aliphatic rings. The van der Waals surface area contributed by atoms with Gasteiger partial charge in [-0.2, -0.15) is 4.31 Å². The van der Waals surface area contributed by atoms with E-state index in [1.54, 1.807) is 24.3 Å². The molecule has 2 fully saturated rings. The third-order valence-corrected chi connectivity index (χ3v) is 7.40. The van der Waals surface area contributed by atoms with E-state index in [4.69, 9.17) is 5.73 Å². The Hall–Kier alpha value is -1.15. The van der Waals surface area contributed by atoms with Crippen molar-refractivity contribution in [3.63, 3.8) is 0 Å². The number of benzene rings is 1. The Morgan fingerprint density at radius 3 is 2.31 bits per heavy atom. The lowest BCUT2D eigenvalue weighted by molar-refractivity contribution is -0.137. The van der Waals surface area contributed by atoms with Crippen molar-refractivity contribution >= 4 is 28.3 Å². The molecule has 0 spiro atoms. The van der Waals surface area contributed by atoms with Crippen LogP contribution in [-0.2, 0) is 14.8 Å². The summed E-state index contributed by atoms with van der Waals surface area (Å²) in [5, 5.41) is 0. The third kappa shape index (κ3) is 4.22. The zero-order valence-corrected chi connectivity index (χ0v) is 16.8. The molecule has 2 atom stereocenters. The van der Waals surface area contributed by atoms with Crippen LogP contribution in [0.1, 0.15) is 24.8 Å². The molecule has 0 aromatic heterocycles. The van der Waals surface area contributed by atoms with E-state index in [-0.39, 0.29) is 30.2 Å². The van der Waals surface area contributed by atoms with Crippen molar-refractivity contribution in [3.8, 4) is 0 Å². The number of aryl methyl sites for hydroxylation is 1. The summed E-state index contributed by atoms with van der Waals surface area (Å²) in [4.78, 5) is 14.9. The van der Waals surface area contributed by atoms with Crippen molar-refractivity contribution in [3.05, 3.63) is 29.8 Å². The second-order valence-electron chi connectivity index (χ2n) is 7.08. The van der Waals surface area contributed by atoms with Crippen LogP contribution >= 0.6 is 12.4 Å². The molecule has 1 aliphatic carbocycles. The van der Waals surface area contributed by atoms with Crippen molar-refractivity contribution in [1.82, 2.24) is 9.21 Å². The van der Waals surface area contributed by atoms with Gasteiger partial charge in [0.15, 0.2) is 0 Å². The van der Waals surface area contributed by atoms with E-state index in [9.17, 15) is 13.2 Å². The number of rotatable bonds is 4. The summed E-state index contributed by atoms with van der Waals surface area (Å²) in [5.74, 6) is 0.451. The minimum absolute atomic E-state index is 0. The summed E-state index contributed by atoms with van der Waals surface area (Å²) >= 11 is 0. The molecule has 26 heavy (non-hydrogen) atoms. The zero-order valence-electron chi connectivity index (χ0n) is 15.1. The fraction of sp³-hybridized carbons (Fsp3) is 0.611. The molecular formula is C18H28ClN3O3S. The highest BCUT2D eigenvalue weighted by atomic mass is 35.5. The maximum Gasteiger partial charge on any atom is 0.243 e. The quantitative estimate of drug-likeness (QED) is 0.830. The number of halogens is 1. The molecule has 8 heteroatoms. The molecule has 1 aliphatic heterocycles. The van der Waals surface area contributed by atoms with Crippen molar-refractivity contribution in [2.24, 2.45) is 17.6 Å². The lowest BCUT2D eigenvalue weighted by atomic mass is 9.94. The maximum absolute atomic E-state index is 12.7. The summed E-state index contributed by atoms with van der Waals surface area (Å²) in [6.07, 6.45) is 2.98. The second-order valence-corrected chi connectivity index (χ2v) is 9.01. The van der Waals surface area contributed by atoms with Crippen LogP contribution in [0.2, 0.25) is 0 Å². The highest BCUT2D eigenvalue weighted by Crippen LogP contribution is 2.32. The Morgan fingerprint density at radius 2 is 1.73 bits per heavy atom. The predicted molar refractivity (Wildman–Crippen MR) is 104 cm³/mol. The Bertz CT molecular complexity index is 716. The van der Waals surface area contributed by atoms with Gasteiger partial charge in [-0.05, 0) is 44.4 Å². The maximum atomic E-state index is 12.7. The smallest absolute Gasteiger partial charge is 0.243 e. The van der Waals surface area contributed by atoms with E-state index in [0.717, 1.165) is 24.8 Å². The van der Waals surface area contributed by atoms with Crippen molar-refractivity contribution in [1.29, 1.82) is 0 Å². The number of carbonyl (C=O) groups excluding carboxylic acids is 1. The number of sulfonamides is 1. The third-order valence-electron chi connectivity index (χ3n) is 5.49. The summed E-state index contributed by atoms with van der Waals surface area (Å²) in [7, 11) is -3.49. The van der Waals surface area contributed by atoms with E-state index in [1.165, 1.54) is 4.31 Å². The summed E-state index contributed by atoms with van der Waals surface area (Å²) in [6.45, 7) is 4.09. The zero-order chi connectivity index (χ0) is 18.0. The van der Waals surface area contributed by atoms with Gasteiger partial charge in [0.2, 0.25) is 15.9 Å². The van der Waals surface area contributed by atoms with Crippen LogP contribution in [0.25, 0.3) is 0 Å². The Morgan fingerprint density at radius 1 is 1.12 bits per heavy atom. The lowest BCUT2D eigenvalue weighted by Crippen LogP contribution is -2.52. The number of carbonyl (C=O) groups is 1. The van der Waals surface area contributed by atoms with Gasteiger partial charge in [0.25, 0.3) is 0 Å². The number of nitrogens with zero attached hydrogens (tertiary/aromatic N) is 2. The van der Waals surface area contributed by atoms with Crippen LogP contribution in [0.5, 0.6) is 0 Å². The minimum Gasteiger partial charge on any atom is -0.340 e. The molecule has 0 radical (unpaired) electrons. The van der Waals surface area contributed by atoms with Gasteiger partial charge in [-0.25, -0.2) is 8.42 Å². The number of nitrogens with two attached hydrogens (primary N) is 1. The molecule has 0 unspecified atom stereocenters. The molecule has 146 valence electrons. The molecule has 1 heterocycles. The van der Waals surface area contributed by atoms with Gasteiger partial charge in [0, 0.05) is 32.1 Å². The monoisotopic (exact) mass is 401 g/mol. The highest BCUT2D eigenvalue weighted by Gasteiger charge is 2.37. The van der Waals surface area contributed by atoms with Crippen LogP contribution in [-0.4, -0.2) is 56.3 Å². The van der Waals surface area contributed by atoms with Crippen LogP contribution in [0.3, 0.4) is 0 Å². The first kappa shape index (κ1) is 21.2. The van der Waals surface area contributed by atoms with Gasteiger partial charge in [0.05, 0.1) is 4.90 Å². The van der Waals surface area contributed by atoms with E-state index < -0.39 is 10.0 Å². The number of piperazine rings is 1. The van der Waals surface area contributed by atoms with E-state index in [0.29, 0.717) is 37.6 Å². The minimum atomic E-state index is -3.49. The molecule has 1 amide bonds. The van der Waals surface area contributed by atoms with Crippen LogP contribution in [0, 0.1) is 18.8 Å². The molecule has 1 saturated heterocycles. The van der Waals surface area contributed by atoms with Crippen molar-refractivity contribution in [2.75, 3.05) is 32.7 Å². The predicted octanol–water partition coefficient (Wildman–Crippen LogP) is 1.62. The standard InChI is InChI=1S/C18H27N3O3S.ClH/c1-14-5-7-16(8-6-14)25(23,24)21-11-9-20(10-12-21)18(22)17-4-2-3-15(17)13-19;/h5-8,15,17H,2-4,9-13,19H2,1H3;1H/t15-,17-;/m1./s1. The Labute approximate surface area is 162 Å². The highest BCUT2D eigenvalue weighted by molar-refractivity contribution is 7.89. The first-order chi connectivity index (χ1) is 11.9. The molecule has 1 aromatic carbocycles. The SMILES string of the molecule is Cc1ccc(S(=O)(=O)N2CCN(C(=O)[C@@H]3CCC[C@@H]3CN)CC2)cc1.Cl. The molecule has 6 nitrogen and oxygen atoms in total. The van der Waals surface area contributed by atoms with Crippen LogP contribution in [0.4, 0.5) is 0 Å². The van der Waals surface area contributed by atoms with Gasteiger partial charge < -0.3 is 10.6 Å². The number of hydrogen-bond acceptors (Lipinski definition) is 4. The van der Waals surface area contributed by atoms with E-state index >= 15 is 0 Å². The fourth-order valence-corrected chi connectivity index (χ4v) is 5.31. The lowest BCUT2D eigenvalue weighted by Gasteiger charge is -2.36.